The fourth-order valence-corrected chi connectivity index (χ4v) is 11.5. The predicted molar refractivity (Wildman–Crippen MR) is 135 cm³/mol. The van der Waals surface area contributed by atoms with Crippen LogP contribution in [0.2, 0.25) is 0 Å². The molecule has 5 saturated carbocycles. The molecule has 0 aromatic rings. The first-order chi connectivity index (χ1) is 16.2. The van der Waals surface area contributed by atoms with Gasteiger partial charge in [0.1, 0.15) is 0 Å². The molecule has 196 valence electrons. The Labute approximate surface area is 210 Å². The zero-order valence-corrected chi connectivity index (χ0v) is 22.4. The van der Waals surface area contributed by atoms with E-state index < -0.39 is 28.9 Å². The van der Waals surface area contributed by atoms with Gasteiger partial charge in [-0.05, 0) is 124 Å². The molecule has 5 heteroatoms. The Morgan fingerprint density at radius 3 is 2.06 bits per heavy atom. The lowest BCUT2D eigenvalue weighted by molar-refractivity contribution is -0.251. The maximum absolute atomic E-state index is 12.8. The molecule has 0 saturated heterocycles. The number of allylic oxidation sites excluding steroid dienone is 1. The second-order valence-electron chi connectivity index (χ2n) is 14.3. The van der Waals surface area contributed by atoms with Gasteiger partial charge in [-0.1, -0.05) is 32.9 Å². The summed E-state index contributed by atoms with van der Waals surface area (Å²) in [5, 5.41) is 31.6. The van der Waals surface area contributed by atoms with Crippen LogP contribution in [0.1, 0.15) is 98.8 Å². The molecule has 0 heterocycles. The van der Waals surface area contributed by atoms with Crippen molar-refractivity contribution < 1.29 is 24.9 Å². The van der Waals surface area contributed by atoms with Crippen molar-refractivity contribution in [3.05, 3.63) is 12.2 Å². The third-order valence-corrected chi connectivity index (χ3v) is 13.6. The van der Waals surface area contributed by atoms with E-state index in [2.05, 4.69) is 34.3 Å². The Bertz CT molecular complexity index is 958. The van der Waals surface area contributed by atoms with E-state index >= 15 is 0 Å². The molecule has 0 amide bonds. The van der Waals surface area contributed by atoms with E-state index in [1.54, 1.807) is 6.92 Å². The normalized spacial score (nSPS) is 55.1. The van der Waals surface area contributed by atoms with Gasteiger partial charge in [0.05, 0.1) is 16.9 Å². The number of aliphatic hydroxyl groups excluding tert-OH is 1. The lowest BCUT2D eigenvalue weighted by Gasteiger charge is -2.72. The van der Waals surface area contributed by atoms with Crippen LogP contribution in [-0.2, 0) is 9.59 Å². The van der Waals surface area contributed by atoms with Crippen LogP contribution < -0.4 is 0 Å². The zero-order chi connectivity index (χ0) is 25.8. The molecular formula is C30H46O5. The maximum Gasteiger partial charge on any atom is 0.312 e. The number of aliphatic carboxylic acids is 2. The Kier molecular flexibility index (Phi) is 5.48. The van der Waals surface area contributed by atoms with Gasteiger partial charge in [0, 0.05) is 0 Å². The molecule has 0 unspecified atom stereocenters. The molecule has 5 aliphatic carbocycles. The third kappa shape index (κ3) is 2.85. The van der Waals surface area contributed by atoms with Crippen LogP contribution in [0.25, 0.3) is 0 Å². The first-order valence-corrected chi connectivity index (χ1v) is 14.0. The maximum atomic E-state index is 12.8. The molecule has 0 aromatic carbocycles. The fraction of sp³-hybridized carbons (Fsp3) is 0.867. The Balaban J connectivity index is 1.57. The van der Waals surface area contributed by atoms with Crippen molar-refractivity contribution in [3.63, 3.8) is 0 Å². The number of carbonyl (C=O) groups is 2. The predicted octanol–water partition coefficient (Wildman–Crippen LogP) is 6.15. The number of hydrogen-bond donors (Lipinski definition) is 3. The molecule has 0 bridgehead atoms. The molecule has 0 aromatic heterocycles. The van der Waals surface area contributed by atoms with E-state index in [0.717, 1.165) is 63.4 Å². The number of aliphatic hydroxyl groups is 1. The number of fused-ring (bicyclic) bond motifs is 7. The van der Waals surface area contributed by atoms with Gasteiger partial charge in [-0.25, -0.2) is 0 Å². The van der Waals surface area contributed by atoms with Crippen LogP contribution in [0.3, 0.4) is 0 Å². The zero-order valence-electron chi connectivity index (χ0n) is 22.4. The Hall–Kier alpha value is -1.36. The fourth-order valence-electron chi connectivity index (χ4n) is 11.5. The summed E-state index contributed by atoms with van der Waals surface area (Å²) in [5.74, 6) is -0.315. The van der Waals surface area contributed by atoms with Gasteiger partial charge in [0.15, 0.2) is 0 Å². The molecule has 5 rings (SSSR count). The first kappa shape index (κ1) is 25.3. The van der Waals surface area contributed by atoms with Gasteiger partial charge in [-0.15, -0.1) is 0 Å². The molecule has 5 nitrogen and oxygen atoms in total. The number of hydrogen-bond acceptors (Lipinski definition) is 3. The summed E-state index contributed by atoms with van der Waals surface area (Å²) in [6.07, 6.45) is 7.86. The summed E-state index contributed by atoms with van der Waals surface area (Å²) in [4.78, 5) is 25.3. The number of carboxylic acids is 2. The minimum atomic E-state index is -1.10. The largest absolute Gasteiger partial charge is 0.481 e. The third-order valence-electron chi connectivity index (χ3n) is 13.6. The molecule has 0 aliphatic heterocycles. The van der Waals surface area contributed by atoms with Crippen molar-refractivity contribution in [2.24, 2.45) is 56.7 Å². The average molecular weight is 487 g/mol. The van der Waals surface area contributed by atoms with Crippen LogP contribution >= 0.6 is 0 Å². The van der Waals surface area contributed by atoms with Gasteiger partial charge in [-0.2, -0.15) is 0 Å². The molecule has 11 atom stereocenters. The van der Waals surface area contributed by atoms with Gasteiger partial charge < -0.3 is 15.3 Å². The number of rotatable bonds is 3. The summed E-state index contributed by atoms with van der Waals surface area (Å²) >= 11 is 0. The second kappa shape index (κ2) is 7.58. The van der Waals surface area contributed by atoms with E-state index in [-0.39, 0.29) is 34.0 Å². The lowest BCUT2D eigenvalue weighted by Crippen LogP contribution is -2.68. The highest BCUT2D eigenvalue weighted by Crippen LogP contribution is 2.77. The van der Waals surface area contributed by atoms with E-state index in [9.17, 15) is 24.9 Å². The Morgan fingerprint density at radius 2 is 1.46 bits per heavy atom. The smallest absolute Gasteiger partial charge is 0.312 e. The van der Waals surface area contributed by atoms with Gasteiger partial charge in [0.25, 0.3) is 0 Å². The minimum absolute atomic E-state index is 0.0290. The highest BCUT2D eigenvalue weighted by atomic mass is 16.4. The van der Waals surface area contributed by atoms with Gasteiger partial charge in [-0.3, -0.25) is 9.59 Å². The van der Waals surface area contributed by atoms with Crippen molar-refractivity contribution in [1.29, 1.82) is 0 Å². The van der Waals surface area contributed by atoms with E-state index in [4.69, 9.17) is 0 Å². The molecule has 3 N–H and O–H groups in total. The van der Waals surface area contributed by atoms with Crippen molar-refractivity contribution >= 4 is 11.9 Å². The molecule has 5 fully saturated rings. The highest BCUT2D eigenvalue weighted by Gasteiger charge is 2.73. The Morgan fingerprint density at radius 1 is 0.771 bits per heavy atom. The van der Waals surface area contributed by atoms with Crippen molar-refractivity contribution in [1.82, 2.24) is 0 Å². The summed E-state index contributed by atoms with van der Waals surface area (Å²) in [6, 6.07) is 0. The molecule has 0 spiro atoms. The topological polar surface area (TPSA) is 94.8 Å². The van der Waals surface area contributed by atoms with Crippen molar-refractivity contribution in [3.8, 4) is 0 Å². The second-order valence-corrected chi connectivity index (χ2v) is 14.3. The summed E-state index contributed by atoms with van der Waals surface area (Å²) in [7, 11) is 0. The van der Waals surface area contributed by atoms with Crippen LogP contribution in [0.15, 0.2) is 12.2 Å². The van der Waals surface area contributed by atoms with Crippen LogP contribution in [0, 0.1) is 56.7 Å². The summed E-state index contributed by atoms with van der Waals surface area (Å²) in [6.45, 7) is 15.4. The summed E-state index contributed by atoms with van der Waals surface area (Å²) < 4.78 is 0. The van der Waals surface area contributed by atoms with Gasteiger partial charge in [0.2, 0.25) is 0 Å². The molecule has 5 aliphatic rings. The molecular weight excluding hydrogens is 440 g/mol. The van der Waals surface area contributed by atoms with Crippen LogP contribution in [0.5, 0.6) is 0 Å². The van der Waals surface area contributed by atoms with E-state index in [1.807, 2.05) is 0 Å². The summed E-state index contributed by atoms with van der Waals surface area (Å²) in [5.41, 5.74) is -0.638. The minimum Gasteiger partial charge on any atom is -0.481 e. The van der Waals surface area contributed by atoms with E-state index in [1.165, 1.54) is 0 Å². The number of carboxylic acid groups (broad SMARTS) is 2. The van der Waals surface area contributed by atoms with Crippen molar-refractivity contribution in [2.45, 2.75) is 105 Å². The van der Waals surface area contributed by atoms with Crippen LogP contribution in [0.4, 0.5) is 0 Å². The molecule has 0 radical (unpaired) electrons. The lowest BCUT2D eigenvalue weighted by atomic mass is 9.32. The first-order valence-electron chi connectivity index (χ1n) is 14.0. The standard InChI is InChI=1S/C30H46O5/c1-17(2)18-9-14-30(25(34)35)16-15-27(4)19(23(18)30)7-8-20-26(3)12-11-22(31)29(6,24(32)33)21(26)10-13-28(20,27)5/h18-23,31H,1,7-16H2,2-6H3,(H,32,33)(H,34,35)/t18-,19+,20+,21+,22+,23+,26+,27+,28+,29-,30-/m0/s1. The van der Waals surface area contributed by atoms with Gasteiger partial charge >= 0.3 is 11.9 Å². The average Bonchev–Trinajstić information content (AvgIpc) is 3.18. The van der Waals surface area contributed by atoms with E-state index in [0.29, 0.717) is 18.3 Å². The SMILES string of the molecule is C=C(C)[C@@H]1CC[C@]2(C(=O)O)CC[C@]3(C)[C@H](CC[C@@H]4[C@@]5(C)CC[C@@H](O)[C@@](C)(C(=O)O)[C@@H]5CC[C@]43C)[C@@H]12. The van der Waals surface area contributed by atoms with Crippen molar-refractivity contribution in [2.75, 3.05) is 0 Å². The highest BCUT2D eigenvalue weighted by molar-refractivity contribution is 5.76. The quantitative estimate of drug-likeness (QED) is 0.416. The monoisotopic (exact) mass is 486 g/mol. The molecule has 35 heavy (non-hydrogen) atoms. The van der Waals surface area contributed by atoms with Crippen LogP contribution in [-0.4, -0.2) is 33.4 Å².